The lowest BCUT2D eigenvalue weighted by atomic mass is 10.1. The van der Waals surface area contributed by atoms with Gasteiger partial charge in [-0.05, 0) is 37.3 Å². The zero-order valence-electron chi connectivity index (χ0n) is 17.4. The molecule has 1 aliphatic heterocycles. The van der Waals surface area contributed by atoms with Gasteiger partial charge in [-0.3, -0.25) is 0 Å². The molecule has 30 heavy (non-hydrogen) atoms. The second kappa shape index (κ2) is 9.14. The van der Waals surface area contributed by atoms with Crippen molar-refractivity contribution in [2.45, 2.75) is 32.1 Å². The van der Waals surface area contributed by atoms with E-state index in [1.54, 1.807) is 30.3 Å². The summed E-state index contributed by atoms with van der Waals surface area (Å²) in [5.41, 5.74) is 1.73. The molecule has 0 amide bonds. The van der Waals surface area contributed by atoms with E-state index < -0.39 is 16.4 Å². The number of benzene rings is 2. The third-order valence-electron chi connectivity index (χ3n) is 5.08. The highest BCUT2D eigenvalue weighted by Crippen LogP contribution is 2.34. The Labute approximate surface area is 176 Å². The van der Waals surface area contributed by atoms with Crippen molar-refractivity contribution < 1.29 is 17.2 Å². The smallest absolute Gasteiger partial charge is 0.268 e. The topological polar surface area (TPSA) is 54.3 Å². The highest BCUT2D eigenvalue weighted by molar-refractivity contribution is 7.90. The molecule has 5 nitrogen and oxygen atoms in total. The molecule has 0 bridgehead atoms. The average molecular weight is 436 g/mol. The average Bonchev–Trinajstić information content (AvgIpc) is 3.16. The molecule has 1 aliphatic rings. The Morgan fingerprint density at radius 2 is 1.63 bits per heavy atom. The van der Waals surface area contributed by atoms with Crippen molar-refractivity contribution in [3.63, 3.8) is 0 Å². The number of alkyl halides is 2. The minimum atomic E-state index is -3.97. The fourth-order valence-corrected chi connectivity index (χ4v) is 4.91. The summed E-state index contributed by atoms with van der Waals surface area (Å²) < 4.78 is 54.5. The lowest BCUT2D eigenvalue weighted by Gasteiger charge is -2.29. The largest absolute Gasteiger partial charge is 0.369 e. The van der Waals surface area contributed by atoms with Gasteiger partial charge in [0.1, 0.15) is 0 Å². The van der Waals surface area contributed by atoms with Crippen molar-refractivity contribution in [2.75, 3.05) is 31.1 Å². The standard InChI is InChI=1S/C20H21F2N3O2S.C2H6/c1-14-2-5-16(6-3-14)28(26,27)25-13-18(20(21)22)17-12-15(4-7-19(17)25)24-10-8-23-9-11-24;1-2/h2-7,12-13,20,23H,8-11H2,1H3;1-2H3. The second-order valence-corrected chi connectivity index (χ2v) is 8.75. The van der Waals surface area contributed by atoms with Gasteiger partial charge in [0, 0.05) is 49.0 Å². The summed E-state index contributed by atoms with van der Waals surface area (Å²) in [6, 6.07) is 11.4. The number of aromatic nitrogens is 1. The summed E-state index contributed by atoms with van der Waals surface area (Å²) >= 11 is 0. The fourth-order valence-electron chi connectivity index (χ4n) is 3.53. The Morgan fingerprint density at radius 3 is 2.23 bits per heavy atom. The molecule has 2 heterocycles. The first-order chi connectivity index (χ1) is 14.4. The lowest BCUT2D eigenvalue weighted by Crippen LogP contribution is -2.43. The molecule has 3 aromatic rings. The van der Waals surface area contributed by atoms with Crippen LogP contribution in [0.2, 0.25) is 0 Å². The van der Waals surface area contributed by atoms with E-state index in [0.29, 0.717) is 0 Å². The molecule has 0 atom stereocenters. The van der Waals surface area contributed by atoms with Crippen LogP contribution in [0.15, 0.2) is 53.6 Å². The van der Waals surface area contributed by atoms with Crippen LogP contribution in [0.4, 0.5) is 14.5 Å². The van der Waals surface area contributed by atoms with E-state index in [-0.39, 0.29) is 21.4 Å². The molecule has 1 N–H and O–H groups in total. The summed E-state index contributed by atoms with van der Waals surface area (Å²) in [6.45, 7) is 9.05. The highest BCUT2D eigenvalue weighted by Gasteiger charge is 2.25. The van der Waals surface area contributed by atoms with Crippen LogP contribution in [-0.4, -0.2) is 38.6 Å². The minimum Gasteiger partial charge on any atom is -0.369 e. The number of rotatable bonds is 4. The first kappa shape index (κ1) is 22.2. The summed E-state index contributed by atoms with van der Waals surface area (Å²) in [4.78, 5) is 2.18. The van der Waals surface area contributed by atoms with E-state index in [1.807, 2.05) is 20.8 Å². The SMILES string of the molecule is CC.Cc1ccc(S(=O)(=O)n2cc(C(F)F)c3cc(N4CCNCC4)ccc32)cc1. The van der Waals surface area contributed by atoms with Crippen LogP contribution in [-0.2, 0) is 10.0 Å². The van der Waals surface area contributed by atoms with Crippen LogP contribution in [0.3, 0.4) is 0 Å². The number of halogens is 2. The van der Waals surface area contributed by atoms with E-state index in [9.17, 15) is 17.2 Å². The first-order valence-corrected chi connectivity index (χ1v) is 11.5. The van der Waals surface area contributed by atoms with Crippen molar-refractivity contribution >= 4 is 26.6 Å². The number of aryl methyl sites for hydroxylation is 1. The Kier molecular flexibility index (Phi) is 6.77. The zero-order chi connectivity index (χ0) is 21.9. The third-order valence-corrected chi connectivity index (χ3v) is 6.77. The maximum absolute atomic E-state index is 13.7. The second-order valence-electron chi connectivity index (χ2n) is 6.94. The summed E-state index contributed by atoms with van der Waals surface area (Å²) in [6.07, 6.45) is -1.72. The van der Waals surface area contributed by atoms with Crippen LogP contribution in [0.5, 0.6) is 0 Å². The number of nitrogens with zero attached hydrogens (tertiary/aromatic N) is 2. The van der Waals surface area contributed by atoms with Crippen LogP contribution in [0.1, 0.15) is 31.4 Å². The number of hydrogen-bond donors (Lipinski definition) is 1. The highest BCUT2D eigenvalue weighted by atomic mass is 32.2. The van der Waals surface area contributed by atoms with Gasteiger partial charge in [0.2, 0.25) is 0 Å². The number of anilines is 1. The van der Waals surface area contributed by atoms with Gasteiger partial charge in [0.25, 0.3) is 16.4 Å². The van der Waals surface area contributed by atoms with Crippen molar-refractivity contribution in [3.8, 4) is 0 Å². The number of piperazine rings is 1. The molecule has 0 aliphatic carbocycles. The predicted molar refractivity (Wildman–Crippen MR) is 117 cm³/mol. The number of fused-ring (bicyclic) bond motifs is 1. The van der Waals surface area contributed by atoms with E-state index in [2.05, 4.69) is 10.2 Å². The molecule has 8 heteroatoms. The Balaban J connectivity index is 0.00000124. The third kappa shape index (κ3) is 4.20. The number of hydrogen-bond acceptors (Lipinski definition) is 4. The molecule has 0 saturated carbocycles. The molecular formula is C22H27F2N3O2S. The summed E-state index contributed by atoms with van der Waals surface area (Å²) in [5, 5.41) is 3.52. The molecule has 162 valence electrons. The van der Waals surface area contributed by atoms with Gasteiger partial charge in [0.15, 0.2) is 0 Å². The van der Waals surface area contributed by atoms with Crippen molar-refractivity contribution in [3.05, 3.63) is 59.8 Å². The van der Waals surface area contributed by atoms with Crippen LogP contribution in [0, 0.1) is 6.92 Å². The van der Waals surface area contributed by atoms with Gasteiger partial charge in [-0.25, -0.2) is 21.2 Å². The normalized spacial score (nSPS) is 14.7. The van der Waals surface area contributed by atoms with Gasteiger partial charge in [-0.2, -0.15) is 0 Å². The molecule has 0 radical (unpaired) electrons. The van der Waals surface area contributed by atoms with Crippen LogP contribution < -0.4 is 10.2 Å². The van der Waals surface area contributed by atoms with Crippen LogP contribution >= 0.6 is 0 Å². The molecular weight excluding hydrogens is 408 g/mol. The van der Waals surface area contributed by atoms with E-state index in [4.69, 9.17) is 0 Å². The molecule has 1 aromatic heterocycles. The molecule has 0 spiro atoms. The predicted octanol–water partition coefficient (Wildman–Crippen LogP) is 4.56. The van der Waals surface area contributed by atoms with Gasteiger partial charge in [-0.1, -0.05) is 31.5 Å². The fraction of sp³-hybridized carbons (Fsp3) is 0.364. The van der Waals surface area contributed by atoms with Gasteiger partial charge < -0.3 is 10.2 Å². The van der Waals surface area contributed by atoms with Crippen molar-refractivity contribution in [2.24, 2.45) is 0 Å². The molecule has 4 rings (SSSR count). The van der Waals surface area contributed by atoms with E-state index in [0.717, 1.165) is 47.6 Å². The molecule has 1 fully saturated rings. The maximum Gasteiger partial charge on any atom is 0.268 e. The van der Waals surface area contributed by atoms with Crippen molar-refractivity contribution in [1.29, 1.82) is 0 Å². The Bertz CT molecular complexity index is 1100. The Hall–Kier alpha value is -2.45. The van der Waals surface area contributed by atoms with Crippen molar-refractivity contribution in [1.82, 2.24) is 9.29 Å². The van der Waals surface area contributed by atoms with Crippen LogP contribution in [0.25, 0.3) is 10.9 Å². The quantitative estimate of drug-likeness (QED) is 0.653. The molecule has 2 aromatic carbocycles. The molecule has 0 unspecified atom stereocenters. The number of nitrogens with one attached hydrogen (secondary N) is 1. The Morgan fingerprint density at radius 1 is 1.00 bits per heavy atom. The lowest BCUT2D eigenvalue weighted by molar-refractivity contribution is 0.153. The molecule has 1 saturated heterocycles. The van der Waals surface area contributed by atoms with Gasteiger partial charge >= 0.3 is 0 Å². The summed E-state index contributed by atoms with van der Waals surface area (Å²) in [7, 11) is -3.97. The van der Waals surface area contributed by atoms with E-state index in [1.165, 1.54) is 12.1 Å². The van der Waals surface area contributed by atoms with Gasteiger partial charge in [0.05, 0.1) is 10.4 Å². The maximum atomic E-state index is 13.7. The monoisotopic (exact) mass is 435 g/mol. The first-order valence-electron chi connectivity index (χ1n) is 10.1. The van der Waals surface area contributed by atoms with Gasteiger partial charge in [-0.15, -0.1) is 0 Å². The minimum absolute atomic E-state index is 0.0713. The zero-order valence-corrected chi connectivity index (χ0v) is 18.2. The summed E-state index contributed by atoms with van der Waals surface area (Å²) in [5.74, 6) is 0. The van der Waals surface area contributed by atoms with E-state index >= 15 is 0 Å².